The molecule has 3 aromatic rings. The van der Waals surface area contributed by atoms with Gasteiger partial charge in [0.1, 0.15) is 0 Å². The van der Waals surface area contributed by atoms with E-state index in [9.17, 15) is 0 Å². The van der Waals surface area contributed by atoms with Crippen molar-refractivity contribution in [2.75, 3.05) is 5.32 Å². The topological polar surface area (TPSA) is 42.7 Å². The van der Waals surface area contributed by atoms with Gasteiger partial charge in [0.2, 0.25) is 5.95 Å². The van der Waals surface area contributed by atoms with Crippen molar-refractivity contribution in [1.29, 1.82) is 0 Å². The Kier molecular flexibility index (Phi) is 3.69. The van der Waals surface area contributed by atoms with E-state index in [2.05, 4.69) is 39.0 Å². The molecule has 0 saturated heterocycles. The molecule has 0 saturated carbocycles. The molecule has 0 atom stereocenters. The highest BCUT2D eigenvalue weighted by molar-refractivity contribution is 5.53. The van der Waals surface area contributed by atoms with E-state index >= 15 is 0 Å². The van der Waals surface area contributed by atoms with Crippen LogP contribution in [0.15, 0.2) is 55.0 Å². The Balaban J connectivity index is 1.88. The molecular weight excluding hydrogens is 260 g/mol. The predicted molar refractivity (Wildman–Crippen MR) is 84.8 cm³/mol. The first kappa shape index (κ1) is 13.4. The van der Waals surface area contributed by atoms with Crippen molar-refractivity contribution in [2.24, 2.45) is 0 Å². The number of pyridine rings is 1. The zero-order valence-electron chi connectivity index (χ0n) is 12.2. The second-order valence-electron chi connectivity index (χ2n) is 5.13. The van der Waals surface area contributed by atoms with Gasteiger partial charge >= 0.3 is 0 Å². The molecular formula is C17H18N4. The highest BCUT2D eigenvalue weighted by Gasteiger charge is 2.07. The van der Waals surface area contributed by atoms with E-state index < -0.39 is 0 Å². The van der Waals surface area contributed by atoms with Gasteiger partial charge in [-0.3, -0.25) is 4.98 Å². The molecule has 0 amide bonds. The number of benzene rings is 1. The van der Waals surface area contributed by atoms with E-state index in [4.69, 9.17) is 0 Å². The smallest absolute Gasteiger partial charge is 0.207 e. The van der Waals surface area contributed by atoms with E-state index in [-0.39, 0.29) is 0 Å². The molecule has 1 aromatic carbocycles. The summed E-state index contributed by atoms with van der Waals surface area (Å²) in [7, 11) is 0. The molecule has 0 radical (unpaired) electrons. The minimum Gasteiger partial charge on any atom is -0.326 e. The molecule has 4 heteroatoms. The number of hydrogen-bond acceptors (Lipinski definition) is 3. The van der Waals surface area contributed by atoms with Crippen LogP contribution in [-0.2, 0) is 6.54 Å². The van der Waals surface area contributed by atoms with Gasteiger partial charge in [0.25, 0.3) is 0 Å². The SMILES string of the molecule is Cc1cn(Cc2ccncc2C)c(Nc2ccccc2)n1. The fraction of sp³-hybridized carbons (Fsp3) is 0.176. The van der Waals surface area contributed by atoms with Gasteiger partial charge in [-0.2, -0.15) is 0 Å². The monoisotopic (exact) mass is 278 g/mol. The van der Waals surface area contributed by atoms with Gasteiger partial charge < -0.3 is 9.88 Å². The summed E-state index contributed by atoms with van der Waals surface area (Å²) in [6.07, 6.45) is 5.78. The fourth-order valence-corrected chi connectivity index (χ4v) is 2.28. The number of para-hydroxylation sites is 1. The van der Waals surface area contributed by atoms with Crippen LogP contribution in [0.5, 0.6) is 0 Å². The van der Waals surface area contributed by atoms with E-state index in [1.165, 1.54) is 11.1 Å². The summed E-state index contributed by atoms with van der Waals surface area (Å²) in [4.78, 5) is 8.71. The van der Waals surface area contributed by atoms with Gasteiger partial charge in [-0.15, -0.1) is 0 Å². The Morgan fingerprint density at radius 2 is 1.90 bits per heavy atom. The van der Waals surface area contributed by atoms with Crippen LogP contribution in [0.1, 0.15) is 16.8 Å². The standard InChI is InChI=1S/C17H18N4/c1-13-10-18-9-8-15(13)12-21-11-14(2)19-17(21)20-16-6-4-3-5-7-16/h3-11H,12H2,1-2H3,(H,19,20). The lowest BCUT2D eigenvalue weighted by Gasteiger charge is -2.11. The summed E-state index contributed by atoms with van der Waals surface area (Å²) in [6, 6.07) is 12.1. The van der Waals surface area contributed by atoms with Crippen molar-refractivity contribution in [1.82, 2.24) is 14.5 Å². The average molecular weight is 278 g/mol. The van der Waals surface area contributed by atoms with Crippen LogP contribution in [0.3, 0.4) is 0 Å². The minimum absolute atomic E-state index is 0.782. The summed E-state index contributed by atoms with van der Waals surface area (Å²) in [6.45, 7) is 4.87. The average Bonchev–Trinajstić information content (AvgIpc) is 2.82. The first-order valence-corrected chi connectivity index (χ1v) is 6.98. The lowest BCUT2D eigenvalue weighted by molar-refractivity contribution is 0.799. The summed E-state index contributed by atoms with van der Waals surface area (Å²) in [5, 5.41) is 3.37. The zero-order valence-corrected chi connectivity index (χ0v) is 12.2. The number of imidazole rings is 1. The van der Waals surface area contributed by atoms with Crippen molar-refractivity contribution >= 4 is 11.6 Å². The summed E-state index contributed by atoms with van der Waals surface area (Å²) < 4.78 is 2.13. The summed E-state index contributed by atoms with van der Waals surface area (Å²) in [5.41, 5.74) is 4.48. The number of rotatable bonds is 4. The molecule has 1 N–H and O–H groups in total. The first-order chi connectivity index (χ1) is 10.2. The quantitative estimate of drug-likeness (QED) is 0.791. The van der Waals surface area contributed by atoms with E-state index in [1.807, 2.05) is 49.6 Å². The van der Waals surface area contributed by atoms with Crippen molar-refractivity contribution in [3.63, 3.8) is 0 Å². The second-order valence-corrected chi connectivity index (χ2v) is 5.13. The van der Waals surface area contributed by atoms with Gasteiger partial charge in [-0.05, 0) is 43.2 Å². The lowest BCUT2D eigenvalue weighted by atomic mass is 10.1. The third-order valence-corrected chi connectivity index (χ3v) is 3.40. The zero-order chi connectivity index (χ0) is 14.7. The normalized spacial score (nSPS) is 10.6. The number of aryl methyl sites for hydroxylation is 2. The molecule has 0 aliphatic carbocycles. The molecule has 0 fully saturated rings. The number of nitrogens with zero attached hydrogens (tertiary/aromatic N) is 3. The third kappa shape index (κ3) is 3.11. The highest BCUT2D eigenvalue weighted by atomic mass is 15.2. The van der Waals surface area contributed by atoms with Crippen molar-refractivity contribution in [2.45, 2.75) is 20.4 Å². The van der Waals surface area contributed by atoms with Crippen LogP contribution in [0, 0.1) is 13.8 Å². The highest BCUT2D eigenvalue weighted by Crippen LogP contribution is 2.18. The van der Waals surface area contributed by atoms with E-state index in [0.717, 1.165) is 23.9 Å². The van der Waals surface area contributed by atoms with Crippen LogP contribution in [0.25, 0.3) is 0 Å². The maximum absolute atomic E-state index is 4.57. The largest absolute Gasteiger partial charge is 0.326 e. The van der Waals surface area contributed by atoms with E-state index in [0.29, 0.717) is 0 Å². The molecule has 0 aliphatic heterocycles. The number of aromatic nitrogens is 3. The van der Waals surface area contributed by atoms with Crippen LogP contribution in [-0.4, -0.2) is 14.5 Å². The molecule has 2 aromatic heterocycles. The van der Waals surface area contributed by atoms with Crippen LogP contribution >= 0.6 is 0 Å². The Hall–Kier alpha value is -2.62. The Morgan fingerprint density at radius 3 is 2.67 bits per heavy atom. The molecule has 0 unspecified atom stereocenters. The number of hydrogen-bond donors (Lipinski definition) is 1. The fourth-order valence-electron chi connectivity index (χ4n) is 2.28. The Morgan fingerprint density at radius 1 is 1.10 bits per heavy atom. The summed E-state index contributed by atoms with van der Waals surface area (Å²) in [5.74, 6) is 0.856. The molecule has 0 aliphatic rings. The minimum atomic E-state index is 0.782. The van der Waals surface area contributed by atoms with Gasteiger partial charge in [-0.25, -0.2) is 4.98 Å². The van der Waals surface area contributed by atoms with Crippen molar-refractivity contribution in [3.05, 3.63) is 71.8 Å². The van der Waals surface area contributed by atoms with Crippen molar-refractivity contribution < 1.29 is 0 Å². The van der Waals surface area contributed by atoms with E-state index in [1.54, 1.807) is 0 Å². The molecule has 0 spiro atoms. The maximum atomic E-state index is 4.57. The molecule has 106 valence electrons. The number of nitrogens with one attached hydrogen (secondary N) is 1. The van der Waals surface area contributed by atoms with Gasteiger partial charge in [0.05, 0.1) is 12.2 Å². The van der Waals surface area contributed by atoms with Crippen LogP contribution in [0.4, 0.5) is 11.6 Å². The molecule has 3 rings (SSSR count). The third-order valence-electron chi connectivity index (χ3n) is 3.40. The van der Waals surface area contributed by atoms with Gasteiger partial charge in [0.15, 0.2) is 0 Å². The van der Waals surface area contributed by atoms with Crippen LogP contribution in [0.2, 0.25) is 0 Å². The molecule has 4 nitrogen and oxygen atoms in total. The predicted octanol–water partition coefficient (Wildman–Crippen LogP) is 3.69. The lowest BCUT2D eigenvalue weighted by Crippen LogP contribution is -2.05. The number of anilines is 2. The molecule has 0 bridgehead atoms. The van der Waals surface area contributed by atoms with Gasteiger partial charge in [-0.1, -0.05) is 18.2 Å². The molecule has 2 heterocycles. The molecule has 21 heavy (non-hydrogen) atoms. The Bertz CT molecular complexity index is 732. The summed E-state index contributed by atoms with van der Waals surface area (Å²) >= 11 is 0. The Labute approximate surface area is 124 Å². The first-order valence-electron chi connectivity index (χ1n) is 6.98. The van der Waals surface area contributed by atoms with Gasteiger partial charge in [0, 0.05) is 24.3 Å². The maximum Gasteiger partial charge on any atom is 0.207 e. The van der Waals surface area contributed by atoms with Crippen LogP contribution < -0.4 is 5.32 Å². The second kappa shape index (κ2) is 5.79. The van der Waals surface area contributed by atoms with Crippen molar-refractivity contribution in [3.8, 4) is 0 Å².